The molecule has 0 spiro atoms. The summed E-state index contributed by atoms with van der Waals surface area (Å²) in [6, 6.07) is 9.15. The molecule has 134 valence electrons. The summed E-state index contributed by atoms with van der Waals surface area (Å²) in [5.41, 5.74) is 2.38. The van der Waals surface area contributed by atoms with Crippen molar-refractivity contribution in [3.8, 4) is 0 Å². The van der Waals surface area contributed by atoms with Gasteiger partial charge in [0.1, 0.15) is 22.8 Å². The number of carbonyl (C=O) groups excluding carboxylic acids is 2. The van der Waals surface area contributed by atoms with Crippen LogP contribution in [0.5, 0.6) is 0 Å². The molecule has 0 radical (unpaired) electrons. The Morgan fingerprint density at radius 1 is 1.38 bits per heavy atom. The molecule has 1 aromatic carbocycles. The zero-order valence-electron chi connectivity index (χ0n) is 14.7. The minimum absolute atomic E-state index is 0.274. The number of benzene rings is 1. The number of amides is 1. The molecule has 6 nitrogen and oxygen atoms in total. The zero-order valence-corrected chi connectivity index (χ0v) is 15.5. The van der Waals surface area contributed by atoms with Crippen LogP contribution in [0, 0.1) is 6.92 Å². The highest BCUT2D eigenvalue weighted by molar-refractivity contribution is 7.80. The molecule has 1 aliphatic rings. The van der Waals surface area contributed by atoms with E-state index in [0.717, 1.165) is 17.7 Å². The number of furan rings is 1. The predicted molar refractivity (Wildman–Crippen MR) is 102 cm³/mol. The van der Waals surface area contributed by atoms with Crippen LogP contribution in [0.3, 0.4) is 0 Å². The highest BCUT2D eigenvalue weighted by Crippen LogP contribution is 2.27. The first-order chi connectivity index (χ1) is 12.5. The number of anilines is 1. The van der Waals surface area contributed by atoms with E-state index in [0.29, 0.717) is 22.2 Å². The molecule has 1 N–H and O–H groups in total. The van der Waals surface area contributed by atoms with Crippen molar-refractivity contribution < 1.29 is 18.7 Å². The molecule has 0 aliphatic carbocycles. The van der Waals surface area contributed by atoms with Crippen LogP contribution in [0.1, 0.15) is 34.4 Å². The largest absolute Gasteiger partial charge is 0.465 e. The van der Waals surface area contributed by atoms with E-state index in [-0.39, 0.29) is 11.6 Å². The molecular weight excluding hydrogens is 352 g/mol. The van der Waals surface area contributed by atoms with Gasteiger partial charge in [-0.1, -0.05) is 25.1 Å². The summed E-state index contributed by atoms with van der Waals surface area (Å²) in [5.74, 6) is 0.0253. The number of nitrogens with zero attached hydrogens (tertiary/aromatic N) is 1. The van der Waals surface area contributed by atoms with Crippen LogP contribution < -0.4 is 10.2 Å². The van der Waals surface area contributed by atoms with Gasteiger partial charge in [-0.15, -0.1) is 0 Å². The highest BCUT2D eigenvalue weighted by Gasteiger charge is 2.33. The van der Waals surface area contributed by atoms with Gasteiger partial charge in [0.25, 0.3) is 5.91 Å². The van der Waals surface area contributed by atoms with Gasteiger partial charge >= 0.3 is 5.97 Å². The number of hydrogen-bond donors (Lipinski definition) is 1. The molecule has 1 aliphatic heterocycles. The molecule has 1 saturated heterocycles. The van der Waals surface area contributed by atoms with Crippen LogP contribution >= 0.6 is 12.2 Å². The summed E-state index contributed by atoms with van der Waals surface area (Å²) in [6.45, 7) is 3.68. The Bertz CT molecular complexity index is 929. The quantitative estimate of drug-likeness (QED) is 0.506. The number of methoxy groups -OCH3 is 1. The van der Waals surface area contributed by atoms with Crippen molar-refractivity contribution in [3.63, 3.8) is 0 Å². The van der Waals surface area contributed by atoms with Crippen LogP contribution in [0.2, 0.25) is 0 Å². The van der Waals surface area contributed by atoms with E-state index in [9.17, 15) is 9.59 Å². The van der Waals surface area contributed by atoms with Gasteiger partial charge in [-0.3, -0.25) is 9.69 Å². The molecule has 1 aromatic heterocycles. The topological polar surface area (TPSA) is 71.8 Å². The molecule has 0 atom stereocenters. The van der Waals surface area contributed by atoms with E-state index >= 15 is 0 Å². The lowest BCUT2D eigenvalue weighted by atomic mass is 10.1. The van der Waals surface area contributed by atoms with E-state index in [1.807, 2.05) is 31.2 Å². The summed E-state index contributed by atoms with van der Waals surface area (Å²) in [5, 5.41) is 3.22. The van der Waals surface area contributed by atoms with Crippen molar-refractivity contribution in [2.24, 2.45) is 0 Å². The fourth-order valence-corrected chi connectivity index (χ4v) is 3.10. The number of ether oxygens (including phenoxy) is 1. The van der Waals surface area contributed by atoms with Gasteiger partial charge in [-0.2, -0.15) is 0 Å². The van der Waals surface area contributed by atoms with E-state index in [1.54, 1.807) is 6.92 Å². The van der Waals surface area contributed by atoms with Crippen LogP contribution in [0.25, 0.3) is 6.08 Å². The molecule has 7 heteroatoms. The number of rotatable bonds is 4. The minimum atomic E-state index is -0.490. The van der Waals surface area contributed by atoms with Crippen LogP contribution in [-0.4, -0.2) is 24.1 Å². The lowest BCUT2D eigenvalue weighted by molar-refractivity contribution is -0.113. The fraction of sp³-hybridized carbons (Fsp3) is 0.211. The summed E-state index contributed by atoms with van der Waals surface area (Å²) in [7, 11) is 1.30. The highest BCUT2D eigenvalue weighted by atomic mass is 32.1. The van der Waals surface area contributed by atoms with Gasteiger partial charge in [0, 0.05) is 6.08 Å². The monoisotopic (exact) mass is 370 g/mol. The number of esters is 1. The maximum Gasteiger partial charge on any atom is 0.341 e. The maximum absolute atomic E-state index is 12.8. The average Bonchev–Trinajstić information content (AvgIpc) is 3.13. The fourth-order valence-electron chi connectivity index (χ4n) is 2.81. The molecular formula is C19H18N2O4S. The molecule has 2 heterocycles. The molecule has 0 bridgehead atoms. The third-order valence-corrected chi connectivity index (χ3v) is 4.40. The van der Waals surface area contributed by atoms with E-state index in [2.05, 4.69) is 5.32 Å². The summed E-state index contributed by atoms with van der Waals surface area (Å²) in [4.78, 5) is 26.0. The normalized spacial score (nSPS) is 15.5. The lowest BCUT2D eigenvalue weighted by Crippen LogP contribution is -2.31. The second-order valence-electron chi connectivity index (χ2n) is 5.72. The second kappa shape index (κ2) is 7.13. The molecule has 2 aromatic rings. The lowest BCUT2D eigenvalue weighted by Gasteiger charge is -2.17. The molecule has 3 rings (SSSR count). The van der Waals surface area contributed by atoms with Crippen molar-refractivity contribution in [2.45, 2.75) is 20.3 Å². The van der Waals surface area contributed by atoms with Gasteiger partial charge in [0.15, 0.2) is 5.11 Å². The first-order valence-electron chi connectivity index (χ1n) is 8.10. The second-order valence-corrected chi connectivity index (χ2v) is 6.11. The van der Waals surface area contributed by atoms with Gasteiger partial charge in [-0.25, -0.2) is 4.79 Å². The first-order valence-corrected chi connectivity index (χ1v) is 8.50. The van der Waals surface area contributed by atoms with Crippen molar-refractivity contribution in [1.29, 1.82) is 0 Å². The Balaban J connectivity index is 1.94. The molecule has 1 fully saturated rings. The Kier molecular flexibility index (Phi) is 4.90. The van der Waals surface area contributed by atoms with E-state index in [1.165, 1.54) is 24.2 Å². The third kappa shape index (κ3) is 3.13. The average molecular weight is 370 g/mol. The zero-order chi connectivity index (χ0) is 18.8. The van der Waals surface area contributed by atoms with E-state index < -0.39 is 5.97 Å². The smallest absolute Gasteiger partial charge is 0.341 e. The summed E-state index contributed by atoms with van der Waals surface area (Å²) >= 11 is 5.34. The maximum atomic E-state index is 12.8. The van der Waals surface area contributed by atoms with E-state index in [4.69, 9.17) is 21.4 Å². The van der Waals surface area contributed by atoms with Crippen LogP contribution in [-0.2, 0) is 16.0 Å². The first kappa shape index (κ1) is 17.9. The van der Waals surface area contributed by atoms with Crippen molar-refractivity contribution >= 4 is 41.0 Å². The van der Waals surface area contributed by atoms with Gasteiger partial charge < -0.3 is 14.5 Å². The predicted octanol–water partition coefficient (Wildman–Crippen LogP) is 3.20. The van der Waals surface area contributed by atoms with Crippen LogP contribution in [0.4, 0.5) is 5.69 Å². The SMILES string of the molecule is CCc1ccccc1N1C(=O)/C(=C\c2cc(C(=O)OC)c(C)o2)NC1=S. The standard InChI is InChI=1S/C19H18N2O4S/c1-4-12-7-5-6-8-16(12)21-17(22)15(20-19(21)26)10-13-9-14(11(2)25-13)18(23)24-3/h5-10H,4H2,1-3H3,(H,20,26)/b15-10+. The number of aryl methyl sites for hydroxylation is 2. The molecule has 0 unspecified atom stereocenters. The summed E-state index contributed by atoms with van der Waals surface area (Å²) < 4.78 is 10.2. The summed E-state index contributed by atoms with van der Waals surface area (Å²) in [6.07, 6.45) is 2.31. The third-order valence-electron chi connectivity index (χ3n) is 4.12. The number of nitrogens with one attached hydrogen (secondary N) is 1. The number of hydrogen-bond acceptors (Lipinski definition) is 5. The Morgan fingerprint density at radius 3 is 2.81 bits per heavy atom. The number of thiocarbonyl (C=S) groups is 1. The van der Waals surface area contributed by atoms with Gasteiger partial charge in [0.05, 0.1) is 12.8 Å². The molecule has 0 saturated carbocycles. The molecule has 26 heavy (non-hydrogen) atoms. The Hall–Kier alpha value is -2.93. The van der Waals surface area contributed by atoms with Crippen molar-refractivity contribution in [3.05, 3.63) is 58.7 Å². The minimum Gasteiger partial charge on any atom is -0.465 e. The van der Waals surface area contributed by atoms with Crippen molar-refractivity contribution in [1.82, 2.24) is 5.32 Å². The van der Waals surface area contributed by atoms with Crippen molar-refractivity contribution in [2.75, 3.05) is 12.0 Å². The number of para-hydroxylation sites is 1. The Morgan fingerprint density at radius 2 is 2.12 bits per heavy atom. The Labute approximate surface area is 156 Å². The van der Waals surface area contributed by atoms with Gasteiger partial charge in [0.2, 0.25) is 0 Å². The molecule has 1 amide bonds. The van der Waals surface area contributed by atoms with Crippen LogP contribution in [0.15, 0.2) is 40.4 Å². The van der Waals surface area contributed by atoms with Gasteiger partial charge in [-0.05, 0) is 43.3 Å². The number of carbonyl (C=O) groups is 2.